The third kappa shape index (κ3) is 2.74. The molecule has 1 aliphatic rings. The van der Waals surface area contributed by atoms with Crippen LogP contribution in [0.5, 0.6) is 0 Å². The first-order chi connectivity index (χ1) is 10.7. The first kappa shape index (κ1) is 14.7. The topological polar surface area (TPSA) is 68.9 Å². The van der Waals surface area contributed by atoms with Crippen LogP contribution >= 0.6 is 11.5 Å². The van der Waals surface area contributed by atoms with Gasteiger partial charge in [0.15, 0.2) is 5.82 Å². The Morgan fingerprint density at radius 1 is 1.41 bits per heavy atom. The number of rotatable bonds is 3. The Balaban J connectivity index is 1.67. The molecule has 6 nitrogen and oxygen atoms in total. The molecule has 1 fully saturated rings. The Morgan fingerprint density at radius 3 is 2.82 bits per heavy atom. The summed E-state index contributed by atoms with van der Waals surface area (Å²) >= 11 is 1.43. The smallest absolute Gasteiger partial charge is 0.151 e. The van der Waals surface area contributed by atoms with E-state index in [9.17, 15) is 5.26 Å². The molecule has 0 aliphatic carbocycles. The average molecular weight is 314 g/mol. The minimum absolute atomic E-state index is 0.451. The Morgan fingerprint density at radius 2 is 2.18 bits per heavy atom. The first-order valence-electron chi connectivity index (χ1n) is 7.32. The van der Waals surface area contributed by atoms with Gasteiger partial charge in [-0.1, -0.05) is 0 Å². The van der Waals surface area contributed by atoms with E-state index in [1.165, 1.54) is 11.5 Å². The number of piperidine rings is 1. The normalized spacial score (nSPS) is 15.6. The first-order valence-corrected chi connectivity index (χ1v) is 8.10. The molecule has 0 unspecified atom stereocenters. The SMILES string of the molecule is Cc1nsc(N2CCC(N(C)c3cccnn3)CC2)c1C#N. The summed E-state index contributed by atoms with van der Waals surface area (Å²) in [5.41, 5.74) is 1.56. The minimum atomic E-state index is 0.451. The number of aromatic nitrogens is 3. The molecule has 3 rings (SSSR count). The highest BCUT2D eigenvalue weighted by molar-refractivity contribution is 7.10. The molecule has 1 saturated heterocycles. The van der Waals surface area contributed by atoms with Crippen LogP contribution in [0, 0.1) is 18.3 Å². The summed E-state index contributed by atoms with van der Waals surface area (Å²) in [7, 11) is 2.07. The standard InChI is InChI=1S/C15H18N6S/c1-11-13(10-16)15(22-19-11)21-8-5-12(6-9-21)20(2)14-4-3-7-17-18-14/h3-4,7,12H,5-6,8-9H2,1-2H3. The molecule has 2 aromatic rings. The lowest BCUT2D eigenvalue weighted by atomic mass is 10.0. The van der Waals surface area contributed by atoms with Crippen LogP contribution in [0.3, 0.4) is 0 Å². The van der Waals surface area contributed by atoms with Gasteiger partial charge in [0.2, 0.25) is 0 Å². The Kier molecular flexibility index (Phi) is 4.20. The van der Waals surface area contributed by atoms with E-state index in [2.05, 4.69) is 37.5 Å². The second-order valence-electron chi connectivity index (χ2n) is 5.47. The van der Waals surface area contributed by atoms with E-state index in [1.54, 1.807) is 6.20 Å². The van der Waals surface area contributed by atoms with E-state index in [0.29, 0.717) is 6.04 Å². The summed E-state index contributed by atoms with van der Waals surface area (Å²) in [6.45, 7) is 3.77. The zero-order chi connectivity index (χ0) is 15.5. The van der Waals surface area contributed by atoms with Gasteiger partial charge in [-0.05, 0) is 43.4 Å². The minimum Gasteiger partial charge on any atom is -0.361 e. The zero-order valence-electron chi connectivity index (χ0n) is 12.7. The molecule has 0 spiro atoms. The summed E-state index contributed by atoms with van der Waals surface area (Å²) in [5, 5.41) is 18.4. The molecule has 114 valence electrons. The van der Waals surface area contributed by atoms with Crippen LogP contribution in [0.2, 0.25) is 0 Å². The van der Waals surface area contributed by atoms with Crippen molar-refractivity contribution >= 4 is 22.4 Å². The van der Waals surface area contributed by atoms with E-state index in [1.807, 2.05) is 19.1 Å². The molecule has 0 radical (unpaired) electrons. The van der Waals surface area contributed by atoms with E-state index in [4.69, 9.17) is 0 Å². The molecule has 7 heteroatoms. The van der Waals surface area contributed by atoms with Crippen LogP contribution in [-0.4, -0.2) is 40.7 Å². The van der Waals surface area contributed by atoms with Crippen molar-refractivity contribution in [1.29, 1.82) is 5.26 Å². The number of hydrogen-bond acceptors (Lipinski definition) is 7. The van der Waals surface area contributed by atoms with Crippen LogP contribution < -0.4 is 9.80 Å². The number of hydrogen-bond donors (Lipinski definition) is 0. The summed E-state index contributed by atoms with van der Waals surface area (Å²) in [6, 6.07) is 6.63. The molecule has 1 aliphatic heterocycles. The maximum atomic E-state index is 9.27. The Bertz CT molecular complexity index is 669. The summed E-state index contributed by atoms with van der Waals surface area (Å²) in [6.07, 6.45) is 3.76. The van der Waals surface area contributed by atoms with Crippen molar-refractivity contribution in [3.8, 4) is 6.07 Å². The number of aryl methyl sites for hydroxylation is 1. The highest BCUT2D eigenvalue weighted by atomic mass is 32.1. The van der Waals surface area contributed by atoms with Crippen molar-refractivity contribution < 1.29 is 0 Å². The lowest BCUT2D eigenvalue weighted by Gasteiger charge is -2.37. The molecule has 0 aromatic carbocycles. The fourth-order valence-corrected chi connectivity index (χ4v) is 3.72. The molecule has 0 N–H and O–H groups in total. The second kappa shape index (κ2) is 6.28. The van der Waals surface area contributed by atoms with Crippen molar-refractivity contribution in [2.45, 2.75) is 25.8 Å². The maximum Gasteiger partial charge on any atom is 0.151 e. The van der Waals surface area contributed by atoms with Crippen LogP contribution in [-0.2, 0) is 0 Å². The molecule has 0 atom stereocenters. The van der Waals surface area contributed by atoms with E-state index in [-0.39, 0.29) is 0 Å². The van der Waals surface area contributed by atoms with Gasteiger partial charge in [-0.15, -0.1) is 5.10 Å². The van der Waals surface area contributed by atoms with Crippen LogP contribution in [0.25, 0.3) is 0 Å². The zero-order valence-corrected chi connectivity index (χ0v) is 13.5. The number of nitriles is 1. The van der Waals surface area contributed by atoms with Gasteiger partial charge in [0.05, 0.1) is 5.69 Å². The predicted molar refractivity (Wildman–Crippen MR) is 87.2 cm³/mol. The van der Waals surface area contributed by atoms with E-state index in [0.717, 1.165) is 48.0 Å². The van der Waals surface area contributed by atoms with Gasteiger partial charge in [0.25, 0.3) is 0 Å². The largest absolute Gasteiger partial charge is 0.361 e. The lowest BCUT2D eigenvalue weighted by Crippen LogP contribution is -2.43. The Labute approximate surface area is 134 Å². The lowest BCUT2D eigenvalue weighted by molar-refractivity contribution is 0.480. The Hall–Kier alpha value is -2.20. The molecule has 22 heavy (non-hydrogen) atoms. The van der Waals surface area contributed by atoms with Gasteiger partial charge in [0, 0.05) is 32.4 Å². The quantitative estimate of drug-likeness (QED) is 0.865. The van der Waals surface area contributed by atoms with Gasteiger partial charge in [-0.25, -0.2) is 0 Å². The molecular formula is C15H18N6S. The summed E-state index contributed by atoms with van der Waals surface area (Å²) in [4.78, 5) is 4.48. The number of anilines is 2. The average Bonchev–Trinajstić information content (AvgIpc) is 2.96. The fourth-order valence-electron chi connectivity index (χ4n) is 2.83. The van der Waals surface area contributed by atoms with Crippen molar-refractivity contribution in [3.63, 3.8) is 0 Å². The molecule has 0 amide bonds. The van der Waals surface area contributed by atoms with Gasteiger partial charge in [-0.3, -0.25) is 0 Å². The third-order valence-electron chi connectivity index (χ3n) is 4.18. The van der Waals surface area contributed by atoms with Gasteiger partial charge in [-0.2, -0.15) is 14.7 Å². The predicted octanol–water partition coefficient (Wildman–Crippen LogP) is 2.22. The molecular weight excluding hydrogens is 296 g/mol. The second-order valence-corrected chi connectivity index (χ2v) is 6.22. The van der Waals surface area contributed by atoms with Crippen LogP contribution in [0.4, 0.5) is 10.8 Å². The van der Waals surface area contributed by atoms with E-state index < -0.39 is 0 Å². The van der Waals surface area contributed by atoms with Gasteiger partial charge >= 0.3 is 0 Å². The summed E-state index contributed by atoms with van der Waals surface area (Å²) in [5.74, 6) is 0.910. The third-order valence-corrected chi connectivity index (χ3v) is 5.18. The fraction of sp³-hybridized carbons (Fsp3) is 0.467. The molecule has 0 bridgehead atoms. The van der Waals surface area contributed by atoms with Gasteiger partial charge < -0.3 is 9.80 Å². The van der Waals surface area contributed by atoms with E-state index >= 15 is 0 Å². The van der Waals surface area contributed by atoms with Crippen molar-refractivity contribution in [2.75, 3.05) is 29.9 Å². The summed E-state index contributed by atoms with van der Waals surface area (Å²) < 4.78 is 4.31. The highest BCUT2D eigenvalue weighted by Crippen LogP contribution is 2.31. The molecule has 2 aromatic heterocycles. The van der Waals surface area contributed by atoms with Gasteiger partial charge in [0.1, 0.15) is 16.6 Å². The monoisotopic (exact) mass is 314 g/mol. The number of nitrogens with zero attached hydrogens (tertiary/aromatic N) is 6. The maximum absolute atomic E-state index is 9.27. The highest BCUT2D eigenvalue weighted by Gasteiger charge is 2.26. The van der Waals surface area contributed by atoms with Crippen molar-refractivity contribution in [1.82, 2.24) is 14.6 Å². The van der Waals surface area contributed by atoms with Crippen LogP contribution in [0.15, 0.2) is 18.3 Å². The van der Waals surface area contributed by atoms with Crippen molar-refractivity contribution in [3.05, 3.63) is 29.6 Å². The van der Waals surface area contributed by atoms with Crippen LogP contribution in [0.1, 0.15) is 24.1 Å². The molecule has 3 heterocycles. The van der Waals surface area contributed by atoms with Crippen molar-refractivity contribution in [2.24, 2.45) is 0 Å². The molecule has 0 saturated carbocycles.